The van der Waals surface area contributed by atoms with Crippen LogP contribution >= 0.6 is 11.8 Å². The average Bonchev–Trinajstić information content (AvgIpc) is 2.43. The number of carbonyl (C=O) groups excluding carboxylic acids is 2. The first-order valence-electron chi connectivity index (χ1n) is 5.22. The Hall–Kier alpha value is 0.886. The second-order valence-corrected chi connectivity index (χ2v) is 6.47. The predicted molar refractivity (Wildman–Crippen MR) is 56.3 cm³/mol. The SMILES string of the molecule is CC1(C)S[C@@H]2[C@H](CCO)C(=O)N2[C@H]1C(=O)[O-].[K+]. The van der Waals surface area contributed by atoms with E-state index in [0.29, 0.717) is 6.42 Å². The zero-order chi connectivity index (χ0) is 12.1. The third kappa shape index (κ3) is 2.47. The molecule has 0 aromatic carbocycles. The predicted octanol–water partition coefficient (Wildman–Crippen LogP) is -4.20. The summed E-state index contributed by atoms with van der Waals surface area (Å²) in [5.41, 5.74) is 0. The second kappa shape index (κ2) is 5.48. The molecule has 1 amide bonds. The van der Waals surface area contributed by atoms with E-state index in [4.69, 9.17) is 5.11 Å². The van der Waals surface area contributed by atoms with Crippen molar-refractivity contribution in [3.8, 4) is 0 Å². The Balaban J connectivity index is 0.00000144. The molecular formula is C10H14KNO4S. The molecule has 2 aliphatic heterocycles. The van der Waals surface area contributed by atoms with E-state index in [1.807, 2.05) is 0 Å². The molecular weight excluding hydrogens is 269 g/mol. The van der Waals surface area contributed by atoms with Gasteiger partial charge in [-0.3, -0.25) is 4.79 Å². The van der Waals surface area contributed by atoms with Crippen molar-refractivity contribution < 1.29 is 71.2 Å². The Labute approximate surface area is 147 Å². The number of β-lactam (4-membered cyclic amide) rings is 1. The molecule has 90 valence electrons. The van der Waals surface area contributed by atoms with Gasteiger partial charge < -0.3 is 19.9 Å². The number of aliphatic carboxylic acids is 1. The van der Waals surface area contributed by atoms with Crippen LogP contribution in [0.5, 0.6) is 0 Å². The fourth-order valence-corrected chi connectivity index (χ4v) is 4.19. The van der Waals surface area contributed by atoms with Gasteiger partial charge in [-0.2, -0.15) is 0 Å². The number of amides is 1. The van der Waals surface area contributed by atoms with Crippen molar-refractivity contribution in [2.24, 2.45) is 5.92 Å². The summed E-state index contributed by atoms with van der Waals surface area (Å²) in [6.45, 7) is 3.57. The molecule has 0 aromatic rings. The molecule has 7 heteroatoms. The van der Waals surface area contributed by atoms with E-state index in [-0.39, 0.29) is 75.2 Å². The van der Waals surface area contributed by atoms with Crippen LogP contribution in [0.3, 0.4) is 0 Å². The van der Waals surface area contributed by atoms with Crippen LogP contribution in [-0.2, 0) is 9.59 Å². The Kier molecular flexibility index (Phi) is 5.14. The van der Waals surface area contributed by atoms with Crippen molar-refractivity contribution in [3.63, 3.8) is 0 Å². The number of carboxylic acid groups (broad SMARTS) is 1. The number of hydrogen-bond donors (Lipinski definition) is 1. The topological polar surface area (TPSA) is 80.7 Å². The van der Waals surface area contributed by atoms with Gasteiger partial charge in [0.25, 0.3) is 0 Å². The van der Waals surface area contributed by atoms with Gasteiger partial charge in [-0.15, -0.1) is 11.8 Å². The monoisotopic (exact) mass is 283 g/mol. The number of aliphatic hydroxyl groups excluding tert-OH is 1. The molecule has 0 spiro atoms. The van der Waals surface area contributed by atoms with Crippen LogP contribution in [0.2, 0.25) is 0 Å². The molecule has 17 heavy (non-hydrogen) atoms. The molecule has 0 radical (unpaired) electrons. The molecule has 0 aliphatic carbocycles. The van der Waals surface area contributed by atoms with Gasteiger partial charge in [0.15, 0.2) is 0 Å². The number of carbonyl (C=O) groups is 2. The maximum atomic E-state index is 11.7. The number of fused-ring (bicyclic) bond motifs is 1. The molecule has 0 aromatic heterocycles. The zero-order valence-corrected chi connectivity index (χ0v) is 14.1. The Morgan fingerprint density at radius 1 is 1.59 bits per heavy atom. The van der Waals surface area contributed by atoms with Gasteiger partial charge in [-0.25, -0.2) is 0 Å². The largest absolute Gasteiger partial charge is 1.00 e. The summed E-state index contributed by atoms with van der Waals surface area (Å²) in [7, 11) is 0. The summed E-state index contributed by atoms with van der Waals surface area (Å²) in [5.74, 6) is -1.61. The fourth-order valence-electron chi connectivity index (χ4n) is 2.48. The van der Waals surface area contributed by atoms with Crippen molar-refractivity contribution in [2.75, 3.05) is 6.61 Å². The third-order valence-corrected chi connectivity index (χ3v) is 4.84. The Bertz CT molecular complexity index is 349. The van der Waals surface area contributed by atoms with Gasteiger partial charge in [0, 0.05) is 11.4 Å². The molecule has 2 rings (SSSR count). The summed E-state index contributed by atoms with van der Waals surface area (Å²) in [5, 5.41) is 19.8. The molecule has 2 aliphatic rings. The van der Waals surface area contributed by atoms with Crippen molar-refractivity contribution in [1.29, 1.82) is 0 Å². The number of aliphatic hydroxyl groups is 1. The van der Waals surface area contributed by atoms with Gasteiger partial charge in [0.2, 0.25) is 5.91 Å². The maximum Gasteiger partial charge on any atom is 1.00 e. The first-order valence-corrected chi connectivity index (χ1v) is 6.10. The van der Waals surface area contributed by atoms with E-state index >= 15 is 0 Å². The molecule has 2 saturated heterocycles. The van der Waals surface area contributed by atoms with Crippen LogP contribution in [0, 0.1) is 5.92 Å². The van der Waals surface area contributed by atoms with Crippen molar-refractivity contribution in [1.82, 2.24) is 4.90 Å². The molecule has 0 bridgehead atoms. The van der Waals surface area contributed by atoms with Gasteiger partial charge >= 0.3 is 51.4 Å². The minimum absolute atomic E-state index is 0. The first-order chi connectivity index (χ1) is 7.40. The van der Waals surface area contributed by atoms with Crippen LogP contribution in [0.1, 0.15) is 20.3 Å². The summed E-state index contributed by atoms with van der Waals surface area (Å²) in [6.07, 6.45) is 0.406. The number of rotatable bonds is 3. The van der Waals surface area contributed by atoms with Crippen LogP contribution in [-0.4, -0.2) is 44.7 Å². The summed E-state index contributed by atoms with van der Waals surface area (Å²) in [6, 6.07) is -0.857. The fraction of sp³-hybridized carbons (Fsp3) is 0.800. The molecule has 0 saturated carbocycles. The van der Waals surface area contributed by atoms with E-state index in [1.54, 1.807) is 13.8 Å². The van der Waals surface area contributed by atoms with E-state index in [2.05, 4.69) is 0 Å². The minimum Gasteiger partial charge on any atom is -0.548 e. The normalized spacial score (nSPS) is 33.7. The van der Waals surface area contributed by atoms with Gasteiger partial charge in [-0.1, -0.05) is 0 Å². The van der Waals surface area contributed by atoms with E-state index in [9.17, 15) is 14.7 Å². The molecule has 1 N–H and O–H groups in total. The Morgan fingerprint density at radius 3 is 2.65 bits per heavy atom. The average molecular weight is 283 g/mol. The number of hydrogen-bond acceptors (Lipinski definition) is 5. The van der Waals surface area contributed by atoms with E-state index in [1.165, 1.54) is 16.7 Å². The summed E-state index contributed by atoms with van der Waals surface area (Å²) in [4.78, 5) is 24.2. The second-order valence-electron chi connectivity index (χ2n) is 4.70. The van der Waals surface area contributed by atoms with Gasteiger partial charge in [0.1, 0.15) is 0 Å². The number of thioether (sulfide) groups is 1. The molecule has 2 heterocycles. The quantitative estimate of drug-likeness (QED) is 0.420. The van der Waals surface area contributed by atoms with Crippen LogP contribution in [0.4, 0.5) is 0 Å². The van der Waals surface area contributed by atoms with Crippen molar-refractivity contribution in [2.45, 2.75) is 36.4 Å². The summed E-state index contributed by atoms with van der Waals surface area (Å²) >= 11 is 1.48. The van der Waals surface area contributed by atoms with Gasteiger partial charge in [-0.05, 0) is 20.3 Å². The maximum absolute atomic E-state index is 11.7. The van der Waals surface area contributed by atoms with Crippen LogP contribution in [0.15, 0.2) is 0 Å². The van der Waals surface area contributed by atoms with Crippen LogP contribution in [0.25, 0.3) is 0 Å². The molecule has 0 unspecified atom stereocenters. The first kappa shape index (κ1) is 15.9. The number of nitrogens with zero attached hydrogens (tertiary/aromatic N) is 1. The molecule has 2 fully saturated rings. The molecule has 3 atom stereocenters. The van der Waals surface area contributed by atoms with Crippen LogP contribution < -0.4 is 56.5 Å². The standard InChI is InChI=1S/C10H15NO4S.K/c1-10(2)6(9(14)15)11-7(13)5(3-4-12)8(11)16-10;/h5-6,8,12H,3-4H2,1-2H3,(H,14,15);/q;+1/p-1/t5-,6+,8-;/m1./s1. The third-order valence-electron chi connectivity index (χ3n) is 3.21. The smallest absolute Gasteiger partial charge is 0.548 e. The van der Waals surface area contributed by atoms with E-state index in [0.717, 1.165) is 0 Å². The Morgan fingerprint density at radius 2 is 2.18 bits per heavy atom. The minimum atomic E-state index is -1.20. The molecule has 5 nitrogen and oxygen atoms in total. The summed E-state index contributed by atoms with van der Waals surface area (Å²) < 4.78 is -0.524. The van der Waals surface area contributed by atoms with E-state index < -0.39 is 16.8 Å². The zero-order valence-electron chi connectivity index (χ0n) is 10.2. The van der Waals surface area contributed by atoms with Crippen molar-refractivity contribution in [3.05, 3.63) is 0 Å². The number of carboxylic acids is 1. The van der Waals surface area contributed by atoms with Gasteiger partial charge in [0.05, 0.1) is 23.3 Å². The van der Waals surface area contributed by atoms with Crippen molar-refractivity contribution >= 4 is 23.6 Å².